The molecule has 0 atom stereocenters. The van der Waals surface area contributed by atoms with Crippen LogP contribution in [-0.2, 0) is 0 Å². The Bertz CT molecular complexity index is 119. The molecule has 0 saturated heterocycles. The van der Waals surface area contributed by atoms with Gasteiger partial charge in [-0.25, -0.2) is 0 Å². The van der Waals surface area contributed by atoms with Crippen molar-refractivity contribution < 1.29 is 10.2 Å². The SMILES string of the molecule is NCCCNCCCN(CCO)CCO. The maximum absolute atomic E-state index is 8.78. The monoisotopic (exact) mass is 219 g/mol. The molecule has 0 heterocycles. The second-order valence-corrected chi connectivity index (χ2v) is 3.53. The molecule has 0 saturated carbocycles. The third-order valence-electron chi connectivity index (χ3n) is 2.22. The Kier molecular flexibility index (Phi) is 11.7. The minimum atomic E-state index is 0.153. The average molecular weight is 219 g/mol. The van der Waals surface area contributed by atoms with E-state index < -0.39 is 0 Å². The average Bonchev–Trinajstić information content (AvgIpc) is 2.24. The molecule has 0 aliphatic heterocycles. The molecule has 0 aromatic carbocycles. The van der Waals surface area contributed by atoms with Crippen LogP contribution in [0.5, 0.6) is 0 Å². The molecule has 5 nitrogen and oxygen atoms in total. The lowest BCUT2D eigenvalue weighted by atomic mass is 10.3. The quantitative estimate of drug-likeness (QED) is 0.321. The minimum absolute atomic E-state index is 0.153. The summed E-state index contributed by atoms with van der Waals surface area (Å²) in [7, 11) is 0. The van der Waals surface area contributed by atoms with E-state index >= 15 is 0 Å². The number of rotatable bonds is 11. The van der Waals surface area contributed by atoms with Crippen LogP contribution in [0.1, 0.15) is 12.8 Å². The summed E-state index contributed by atoms with van der Waals surface area (Å²) in [5.74, 6) is 0. The molecule has 0 amide bonds. The van der Waals surface area contributed by atoms with Crippen LogP contribution in [0.3, 0.4) is 0 Å². The fourth-order valence-electron chi connectivity index (χ4n) is 1.40. The van der Waals surface area contributed by atoms with E-state index in [2.05, 4.69) is 10.2 Å². The highest BCUT2D eigenvalue weighted by Crippen LogP contribution is 1.89. The minimum Gasteiger partial charge on any atom is -0.395 e. The van der Waals surface area contributed by atoms with Gasteiger partial charge < -0.3 is 21.3 Å². The highest BCUT2D eigenvalue weighted by Gasteiger charge is 2.01. The van der Waals surface area contributed by atoms with Gasteiger partial charge in [-0.3, -0.25) is 4.90 Å². The van der Waals surface area contributed by atoms with Crippen molar-refractivity contribution in [3.05, 3.63) is 0 Å². The van der Waals surface area contributed by atoms with Crippen LogP contribution in [0.25, 0.3) is 0 Å². The van der Waals surface area contributed by atoms with E-state index in [1.807, 2.05) is 0 Å². The summed E-state index contributed by atoms with van der Waals surface area (Å²) >= 11 is 0. The largest absolute Gasteiger partial charge is 0.395 e. The summed E-state index contributed by atoms with van der Waals surface area (Å²) in [4.78, 5) is 2.06. The molecule has 5 N–H and O–H groups in total. The number of hydrogen-bond acceptors (Lipinski definition) is 5. The summed E-state index contributed by atoms with van der Waals surface area (Å²) in [6.07, 6.45) is 2.04. The van der Waals surface area contributed by atoms with E-state index in [4.69, 9.17) is 15.9 Å². The van der Waals surface area contributed by atoms with Gasteiger partial charge in [-0.05, 0) is 39.0 Å². The van der Waals surface area contributed by atoms with Crippen LogP contribution < -0.4 is 11.1 Å². The van der Waals surface area contributed by atoms with Gasteiger partial charge in [0.1, 0.15) is 0 Å². The predicted molar refractivity (Wildman–Crippen MR) is 61.8 cm³/mol. The maximum atomic E-state index is 8.78. The van der Waals surface area contributed by atoms with Crippen molar-refractivity contribution in [2.75, 3.05) is 52.5 Å². The first-order chi connectivity index (χ1) is 7.35. The topological polar surface area (TPSA) is 81.8 Å². The van der Waals surface area contributed by atoms with Crippen molar-refractivity contribution in [1.29, 1.82) is 0 Å². The van der Waals surface area contributed by atoms with Crippen LogP contribution in [0.15, 0.2) is 0 Å². The normalized spacial score (nSPS) is 11.2. The van der Waals surface area contributed by atoms with Gasteiger partial charge in [-0.15, -0.1) is 0 Å². The van der Waals surface area contributed by atoms with E-state index in [9.17, 15) is 0 Å². The fraction of sp³-hybridized carbons (Fsp3) is 1.00. The lowest BCUT2D eigenvalue weighted by molar-refractivity contribution is 0.160. The van der Waals surface area contributed by atoms with E-state index in [1.165, 1.54) is 0 Å². The molecule has 0 fully saturated rings. The van der Waals surface area contributed by atoms with Crippen LogP contribution in [-0.4, -0.2) is 67.6 Å². The zero-order valence-electron chi connectivity index (χ0n) is 9.49. The number of nitrogens with two attached hydrogens (primary N) is 1. The Morgan fingerprint density at radius 1 is 0.933 bits per heavy atom. The molecule has 0 bridgehead atoms. The number of aliphatic hydroxyl groups is 2. The number of nitrogens with zero attached hydrogens (tertiary/aromatic N) is 1. The molecule has 0 aliphatic carbocycles. The first-order valence-electron chi connectivity index (χ1n) is 5.70. The molecule has 0 aromatic rings. The lowest BCUT2D eigenvalue weighted by Gasteiger charge is -2.19. The fourth-order valence-corrected chi connectivity index (χ4v) is 1.40. The lowest BCUT2D eigenvalue weighted by Crippen LogP contribution is -2.32. The Hall–Kier alpha value is -0.200. The third kappa shape index (κ3) is 10.1. The van der Waals surface area contributed by atoms with Crippen molar-refractivity contribution in [2.24, 2.45) is 5.73 Å². The molecule has 0 radical (unpaired) electrons. The Morgan fingerprint density at radius 2 is 1.53 bits per heavy atom. The third-order valence-corrected chi connectivity index (χ3v) is 2.22. The predicted octanol–water partition coefficient (Wildman–Crippen LogP) is -1.40. The van der Waals surface area contributed by atoms with Gasteiger partial charge in [-0.2, -0.15) is 0 Å². The summed E-state index contributed by atoms with van der Waals surface area (Å²) in [6.45, 7) is 5.17. The second kappa shape index (κ2) is 11.9. The Labute approximate surface area is 92.3 Å². The number of aliphatic hydroxyl groups excluding tert-OH is 2. The van der Waals surface area contributed by atoms with Crippen LogP contribution in [0.2, 0.25) is 0 Å². The van der Waals surface area contributed by atoms with Gasteiger partial charge in [0.15, 0.2) is 0 Å². The first-order valence-corrected chi connectivity index (χ1v) is 5.70. The van der Waals surface area contributed by atoms with Crippen molar-refractivity contribution >= 4 is 0 Å². The summed E-state index contributed by atoms with van der Waals surface area (Å²) in [5, 5.41) is 20.9. The van der Waals surface area contributed by atoms with E-state index in [0.29, 0.717) is 13.1 Å². The van der Waals surface area contributed by atoms with E-state index in [-0.39, 0.29) is 13.2 Å². The van der Waals surface area contributed by atoms with Gasteiger partial charge in [0.2, 0.25) is 0 Å². The molecular formula is C10H25N3O2. The van der Waals surface area contributed by atoms with Gasteiger partial charge >= 0.3 is 0 Å². The summed E-state index contributed by atoms with van der Waals surface area (Å²) < 4.78 is 0. The highest BCUT2D eigenvalue weighted by molar-refractivity contribution is 4.58. The van der Waals surface area contributed by atoms with Crippen LogP contribution in [0.4, 0.5) is 0 Å². The van der Waals surface area contributed by atoms with Crippen molar-refractivity contribution in [3.63, 3.8) is 0 Å². The molecule has 0 aromatic heterocycles. The summed E-state index contributed by atoms with van der Waals surface area (Å²) in [6, 6.07) is 0. The summed E-state index contributed by atoms with van der Waals surface area (Å²) in [5.41, 5.74) is 5.37. The molecule has 0 rings (SSSR count). The maximum Gasteiger partial charge on any atom is 0.0558 e. The van der Waals surface area contributed by atoms with Crippen molar-refractivity contribution in [2.45, 2.75) is 12.8 Å². The van der Waals surface area contributed by atoms with Gasteiger partial charge in [0.25, 0.3) is 0 Å². The zero-order chi connectivity index (χ0) is 11.4. The van der Waals surface area contributed by atoms with E-state index in [1.54, 1.807) is 0 Å². The Morgan fingerprint density at radius 3 is 2.07 bits per heavy atom. The van der Waals surface area contributed by atoms with Gasteiger partial charge in [-0.1, -0.05) is 0 Å². The van der Waals surface area contributed by atoms with Crippen LogP contribution >= 0.6 is 0 Å². The van der Waals surface area contributed by atoms with Crippen LogP contribution in [0, 0.1) is 0 Å². The highest BCUT2D eigenvalue weighted by atomic mass is 16.3. The molecular weight excluding hydrogens is 194 g/mol. The van der Waals surface area contributed by atoms with Crippen molar-refractivity contribution in [1.82, 2.24) is 10.2 Å². The molecule has 0 aliphatic rings. The number of nitrogens with one attached hydrogen (secondary N) is 1. The van der Waals surface area contributed by atoms with Gasteiger partial charge in [0, 0.05) is 13.1 Å². The Balaban J connectivity index is 3.28. The zero-order valence-corrected chi connectivity index (χ0v) is 9.49. The smallest absolute Gasteiger partial charge is 0.0558 e. The molecule has 0 spiro atoms. The van der Waals surface area contributed by atoms with Gasteiger partial charge in [0.05, 0.1) is 13.2 Å². The number of hydrogen-bond donors (Lipinski definition) is 4. The van der Waals surface area contributed by atoms with E-state index in [0.717, 1.165) is 39.0 Å². The molecule has 92 valence electrons. The standard InChI is InChI=1S/C10H25N3O2/c11-3-1-4-12-5-2-6-13(7-9-14)8-10-15/h12,14-15H,1-11H2. The molecule has 5 heteroatoms. The molecule has 15 heavy (non-hydrogen) atoms. The van der Waals surface area contributed by atoms with Crippen molar-refractivity contribution in [3.8, 4) is 0 Å². The molecule has 0 unspecified atom stereocenters. The second-order valence-electron chi connectivity index (χ2n) is 3.53. The first kappa shape index (κ1) is 14.8.